The molecule has 1 atom stereocenters. The van der Waals surface area contributed by atoms with Crippen molar-refractivity contribution in [2.75, 3.05) is 20.1 Å². The van der Waals surface area contributed by atoms with Gasteiger partial charge in [-0.05, 0) is 39.4 Å². The molecule has 1 rings (SSSR count). The number of hydrogen-bond acceptors (Lipinski definition) is 1. The predicted molar refractivity (Wildman–Crippen MR) is 40.9 cm³/mol. The number of hydrogen-bond donors (Lipinski definition) is 0. The van der Waals surface area contributed by atoms with Crippen LogP contribution in [0.1, 0.15) is 19.3 Å². The zero-order valence-electron chi connectivity index (χ0n) is 7.19. The summed E-state index contributed by atoms with van der Waals surface area (Å²) in [5.74, 6) is -1.07. The molecule has 0 radical (unpaired) electrons. The van der Waals surface area contributed by atoms with Gasteiger partial charge in [-0.1, -0.05) is 0 Å². The van der Waals surface area contributed by atoms with Gasteiger partial charge in [0.05, 0.1) is 5.92 Å². The molecule has 1 fully saturated rings. The second kappa shape index (κ2) is 3.64. The molecular weight excluding hydrogens is 167 g/mol. The SMILES string of the molecule is CN1CCCC(C(F)(F)F)CC1. The first-order valence-corrected chi connectivity index (χ1v) is 4.25. The van der Waals surface area contributed by atoms with Crippen molar-refractivity contribution in [3.8, 4) is 0 Å². The second-order valence-electron chi connectivity index (χ2n) is 3.47. The fraction of sp³-hybridized carbons (Fsp3) is 1.00. The smallest absolute Gasteiger partial charge is 0.306 e. The summed E-state index contributed by atoms with van der Waals surface area (Å²) in [5, 5.41) is 0. The van der Waals surface area contributed by atoms with Gasteiger partial charge in [-0.25, -0.2) is 0 Å². The molecule has 4 heteroatoms. The summed E-state index contributed by atoms with van der Waals surface area (Å²) in [6.45, 7) is 1.37. The lowest BCUT2D eigenvalue weighted by Crippen LogP contribution is -2.24. The van der Waals surface area contributed by atoms with Crippen LogP contribution in [0, 0.1) is 5.92 Å². The quantitative estimate of drug-likeness (QED) is 0.554. The lowest BCUT2D eigenvalue weighted by molar-refractivity contribution is -0.177. The average Bonchev–Trinajstić information content (AvgIpc) is 2.11. The highest BCUT2D eigenvalue weighted by Gasteiger charge is 2.39. The lowest BCUT2D eigenvalue weighted by atomic mass is 10.0. The summed E-state index contributed by atoms with van der Waals surface area (Å²) in [7, 11) is 1.87. The third-order valence-electron chi connectivity index (χ3n) is 2.41. The molecule has 0 aromatic rings. The van der Waals surface area contributed by atoms with Gasteiger partial charge in [-0.3, -0.25) is 0 Å². The van der Waals surface area contributed by atoms with Crippen molar-refractivity contribution in [1.82, 2.24) is 4.90 Å². The molecule has 0 amide bonds. The fourth-order valence-electron chi connectivity index (χ4n) is 1.57. The van der Waals surface area contributed by atoms with Gasteiger partial charge in [0, 0.05) is 0 Å². The highest BCUT2D eigenvalue weighted by atomic mass is 19.4. The Hall–Kier alpha value is -0.250. The van der Waals surface area contributed by atoms with Crippen LogP contribution in [-0.2, 0) is 0 Å². The number of halogens is 3. The molecule has 0 bridgehead atoms. The molecule has 72 valence electrons. The third kappa shape index (κ3) is 2.66. The summed E-state index contributed by atoms with van der Waals surface area (Å²) in [5.41, 5.74) is 0. The Morgan fingerprint density at radius 1 is 1.17 bits per heavy atom. The van der Waals surface area contributed by atoms with E-state index in [0.717, 1.165) is 6.54 Å². The Kier molecular flexibility index (Phi) is 2.99. The van der Waals surface area contributed by atoms with Crippen molar-refractivity contribution in [2.45, 2.75) is 25.4 Å². The number of rotatable bonds is 0. The van der Waals surface area contributed by atoms with E-state index in [1.54, 1.807) is 0 Å². The van der Waals surface area contributed by atoms with Gasteiger partial charge >= 0.3 is 6.18 Å². The number of nitrogens with zero attached hydrogens (tertiary/aromatic N) is 1. The van der Waals surface area contributed by atoms with Gasteiger partial charge in [0.1, 0.15) is 0 Å². The highest BCUT2D eigenvalue weighted by molar-refractivity contribution is 4.73. The first kappa shape index (κ1) is 9.84. The molecule has 0 saturated carbocycles. The van der Waals surface area contributed by atoms with E-state index < -0.39 is 12.1 Å². The summed E-state index contributed by atoms with van der Waals surface area (Å²) in [6.07, 6.45) is -2.75. The molecule has 0 N–H and O–H groups in total. The minimum Gasteiger partial charge on any atom is -0.306 e. The second-order valence-corrected chi connectivity index (χ2v) is 3.47. The normalized spacial score (nSPS) is 28.5. The van der Waals surface area contributed by atoms with Crippen LogP contribution >= 0.6 is 0 Å². The molecule has 1 heterocycles. The maximum Gasteiger partial charge on any atom is 0.391 e. The van der Waals surface area contributed by atoms with Crippen LogP contribution in [0.4, 0.5) is 13.2 Å². The maximum absolute atomic E-state index is 12.2. The van der Waals surface area contributed by atoms with Crippen LogP contribution in [0.3, 0.4) is 0 Å². The zero-order valence-corrected chi connectivity index (χ0v) is 7.19. The summed E-state index contributed by atoms with van der Waals surface area (Å²) < 4.78 is 36.7. The van der Waals surface area contributed by atoms with E-state index in [9.17, 15) is 13.2 Å². The van der Waals surface area contributed by atoms with Crippen LogP contribution in [0.25, 0.3) is 0 Å². The molecule has 12 heavy (non-hydrogen) atoms. The molecule has 0 spiro atoms. The van der Waals surface area contributed by atoms with Gasteiger partial charge in [-0.2, -0.15) is 13.2 Å². The summed E-state index contributed by atoms with van der Waals surface area (Å²) >= 11 is 0. The van der Waals surface area contributed by atoms with Gasteiger partial charge in [0.25, 0.3) is 0 Å². The Bertz CT molecular complexity index is 144. The van der Waals surface area contributed by atoms with Gasteiger partial charge in [0.15, 0.2) is 0 Å². The first-order valence-electron chi connectivity index (χ1n) is 4.25. The standard InChI is InChI=1S/C8H14F3N/c1-12-5-2-3-7(4-6-12)8(9,10)11/h7H,2-6H2,1H3. The van der Waals surface area contributed by atoms with Crippen molar-refractivity contribution < 1.29 is 13.2 Å². The molecule has 1 nitrogen and oxygen atoms in total. The van der Waals surface area contributed by atoms with E-state index in [4.69, 9.17) is 0 Å². The van der Waals surface area contributed by atoms with Crippen LogP contribution in [-0.4, -0.2) is 31.2 Å². The highest BCUT2D eigenvalue weighted by Crippen LogP contribution is 2.33. The summed E-state index contributed by atoms with van der Waals surface area (Å²) in [4.78, 5) is 1.96. The third-order valence-corrected chi connectivity index (χ3v) is 2.41. The van der Waals surface area contributed by atoms with E-state index in [1.807, 2.05) is 11.9 Å². The minimum atomic E-state index is -3.98. The largest absolute Gasteiger partial charge is 0.391 e. The molecule has 1 aliphatic rings. The van der Waals surface area contributed by atoms with Crippen molar-refractivity contribution in [1.29, 1.82) is 0 Å². The average molecular weight is 181 g/mol. The number of likely N-dealkylation sites (tertiary alicyclic amines) is 1. The molecular formula is C8H14F3N. The Balaban J connectivity index is 2.46. The van der Waals surface area contributed by atoms with Crippen molar-refractivity contribution in [2.24, 2.45) is 5.92 Å². The molecule has 0 aromatic heterocycles. The minimum absolute atomic E-state index is 0.264. The van der Waals surface area contributed by atoms with E-state index in [2.05, 4.69) is 0 Å². The van der Waals surface area contributed by atoms with Crippen molar-refractivity contribution >= 4 is 0 Å². The first-order chi connectivity index (χ1) is 5.50. The fourth-order valence-corrected chi connectivity index (χ4v) is 1.57. The van der Waals surface area contributed by atoms with E-state index >= 15 is 0 Å². The Morgan fingerprint density at radius 3 is 2.42 bits per heavy atom. The van der Waals surface area contributed by atoms with Gasteiger partial charge < -0.3 is 4.90 Å². The topological polar surface area (TPSA) is 3.24 Å². The molecule has 0 aliphatic carbocycles. The lowest BCUT2D eigenvalue weighted by Gasteiger charge is -2.17. The maximum atomic E-state index is 12.2. The molecule has 0 aromatic carbocycles. The van der Waals surface area contributed by atoms with Crippen LogP contribution in [0.15, 0.2) is 0 Å². The Labute approximate surface area is 70.5 Å². The predicted octanol–water partition coefficient (Wildman–Crippen LogP) is 2.28. The molecule has 1 unspecified atom stereocenters. The van der Waals surface area contributed by atoms with Gasteiger partial charge in [-0.15, -0.1) is 0 Å². The van der Waals surface area contributed by atoms with Crippen LogP contribution in [0.2, 0.25) is 0 Å². The van der Waals surface area contributed by atoms with Gasteiger partial charge in [0.2, 0.25) is 0 Å². The summed E-state index contributed by atoms with van der Waals surface area (Å²) in [6, 6.07) is 0. The van der Waals surface area contributed by atoms with Crippen molar-refractivity contribution in [3.63, 3.8) is 0 Å². The number of alkyl halides is 3. The monoisotopic (exact) mass is 181 g/mol. The van der Waals surface area contributed by atoms with Crippen LogP contribution in [0.5, 0.6) is 0 Å². The van der Waals surface area contributed by atoms with Crippen LogP contribution < -0.4 is 0 Å². The zero-order chi connectivity index (χ0) is 9.19. The van der Waals surface area contributed by atoms with E-state index in [1.165, 1.54) is 0 Å². The Morgan fingerprint density at radius 2 is 1.83 bits per heavy atom. The van der Waals surface area contributed by atoms with E-state index in [-0.39, 0.29) is 6.42 Å². The molecule has 1 aliphatic heterocycles. The van der Waals surface area contributed by atoms with Crippen molar-refractivity contribution in [3.05, 3.63) is 0 Å². The van der Waals surface area contributed by atoms with E-state index in [0.29, 0.717) is 19.4 Å². The molecule has 1 saturated heterocycles.